The van der Waals surface area contributed by atoms with Crippen LogP contribution >= 0.6 is 0 Å². The number of sulfone groups is 1. The molecule has 1 unspecified atom stereocenters. The maximum atomic E-state index is 11.6. The quantitative estimate of drug-likeness (QED) is 0.627. The van der Waals surface area contributed by atoms with Gasteiger partial charge in [0, 0.05) is 30.6 Å². The Morgan fingerprint density at radius 2 is 2.04 bits per heavy atom. The van der Waals surface area contributed by atoms with E-state index in [1.54, 1.807) is 0 Å². The fourth-order valence-electron chi connectivity index (χ4n) is 2.93. The predicted octanol–water partition coefficient (Wildman–Crippen LogP) is 2.84. The predicted molar refractivity (Wildman–Crippen MR) is 96.9 cm³/mol. The van der Waals surface area contributed by atoms with Gasteiger partial charge in [-0.2, -0.15) is 0 Å². The SMILES string of the molecule is CS(=O)(=O)c1ccc(NCC2CCc3ccccc3N2)c([N+](=O)[O-])c1. The summed E-state index contributed by atoms with van der Waals surface area (Å²) in [5, 5.41) is 17.8. The number of hydrogen-bond donors (Lipinski definition) is 2. The zero-order chi connectivity index (χ0) is 18.0. The molecule has 0 spiro atoms. The highest BCUT2D eigenvalue weighted by Gasteiger charge is 2.21. The first-order valence-corrected chi connectivity index (χ1v) is 9.80. The van der Waals surface area contributed by atoms with E-state index in [0.717, 1.165) is 30.9 Å². The molecule has 0 fully saturated rings. The molecule has 0 aromatic heterocycles. The molecule has 0 amide bonds. The Kier molecular flexibility index (Phi) is 4.63. The average Bonchev–Trinajstić information content (AvgIpc) is 2.58. The summed E-state index contributed by atoms with van der Waals surface area (Å²) in [4.78, 5) is 10.6. The maximum absolute atomic E-state index is 11.6. The van der Waals surface area contributed by atoms with Crippen molar-refractivity contribution >= 4 is 26.9 Å². The molecule has 7 nitrogen and oxygen atoms in total. The van der Waals surface area contributed by atoms with Gasteiger partial charge in [0.15, 0.2) is 9.84 Å². The number of benzene rings is 2. The number of nitro groups is 1. The number of aryl methyl sites for hydroxylation is 1. The smallest absolute Gasteiger partial charge is 0.293 e. The summed E-state index contributed by atoms with van der Waals surface area (Å²) in [5.74, 6) is 0. The molecule has 1 aliphatic heterocycles. The maximum Gasteiger partial charge on any atom is 0.293 e. The molecular weight excluding hydrogens is 342 g/mol. The summed E-state index contributed by atoms with van der Waals surface area (Å²) in [5.41, 5.74) is 2.43. The van der Waals surface area contributed by atoms with Crippen molar-refractivity contribution in [2.75, 3.05) is 23.4 Å². The Balaban J connectivity index is 1.74. The lowest BCUT2D eigenvalue weighted by atomic mass is 9.98. The summed E-state index contributed by atoms with van der Waals surface area (Å²) in [6.45, 7) is 0.507. The molecule has 0 saturated heterocycles. The lowest BCUT2D eigenvalue weighted by Gasteiger charge is -2.27. The summed E-state index contributed by atoms with van der Waals surface area (Å²) in [7, 11) is -3.49. The summed E-state index contributed by atoms with van der Waals surface area (Å²) >= 11 is 0. The molecule has 3 rings (SSSR count). The minimum atomic E-state index is -3.49. The van der Waals surface area contributed by atoms with E-state index in [0.29, 0.717) is 12.2 Å². The minimum Gasteiger partial charge on any atom is -0.380 e. The third-order valence-corrected chi connectivity index (χ3v) is 5.38. The third kappa shape index (κ3) is 3.90. The number of anilines is 2. The first-order valence-electron chi connectivity index (χ1n) is 7.91. The van der Waals surface area contributed by atoms with Crippen LogP contribution in [0.5, 0.6) is 0 Å². The van der Waals surface area contributed by atoms with Gasteiger partial charge in [0.2, 0.25) is 0 Å². The molecule has 2 aromatic carbocycles. The second-order valence-corrected chi connectivity index (χ2v) is 8.14. The van der Waals surface area contributed by atoms with Gasteiger partial charge in [-0.25, -0.2) is 8.42 Å². The van der Waals surface area contributed by atoms with Gasteiger partial charge in [0.1, 0.15) is 5.69 Å². The van der Waals surface area contributed by atoms with Gasteiger partial charge < -0.3 is 10.6 Å². The van der Waals surface area contributed by atoms with Crippen molar-refractivity contribution in [2.45, 2.75) is 23.8 Å². The van der Waals surface area contributed by atoms with Gasteiger partial charge >= 0.3 is 0 Å². The van der Waals surface area contributed by atoms with E-state index in [4.69, 9.17) is 0 Å². The molecule has 1 atom stereocenters. The number of hydrogen-bond acceptors (Lipinski definition) is 6. The van der Waals surface area contributed by atoms with Crippen molar-refractivity contribution < 1.29 is 13.3 Å². The molecule has 132 valence electrons. The van der Waals surface area contributed by atoms with Crippen LogP contribution in [-0.4, -0.2) is 32.2 Å². The second kappa shape index (κ2) is 6.72. The van der Waals surface area contributed by atoms with Crippen LogP contribution in [0.25, 0.3) is 0 Å². The van der Waals surface area contributed by atoms with E-state index in [1.165, 1.54) is 17.7 Å². The first-order chi connectivity index (χ1) is 11.8. The Morgan fingerprint density at radius 1 is 1.28 bits per heavy atom. The highest BCUT2D eigenvalue weighted by molar-refractivity contribution is 7.90. The summed E-state index contributed by atoms with van der Waals surface area (Å²) in [6.07, 6.45) is 2.90. The van der Waals surface area contributed by atoms with Gasteiger partial charge in [-0.1, -0.05) is 18.2 Å². The monoisotopic (exact) mass is 361 g/mol. The number of para-hydroxylation sites is 1. The molecule has 25 heavy (non-hydrogen) atoms. The first kappa shape index (κ1) is 17.2. The Bertz CT molecular complexity index is 912. The van der Waals surface area contributed by atoms with E-state index in [2.05, 4.69) is 16.7 Å². The molecule has 2 aromatic rings. The number of rotatable bonds is 5. The standard InChI is InChI=1S/C17H19N3O4S/c1-25(23,24)14-8-9-16(17(10-14)20(21)22)18-11-13-7-6-12-4-2-3-5-15(12)19-13/h2-5,8-10,13,18-19H,6-7,11H2,1H3. The van der Waals surface area contributed by atoms with E-state index in [-0.39, 0.29) is 16.6 Å². The molecule has 8 heteroatoms. The number of nitrogens with one attached hydrogen (secondary N) is 2. The van der Waals surface area contributed by atoms with E-state index >= 15 is 0 Å². The molecule has 0 aliphatic carbocycles. The Morgan fingerprint density at radius 3 is 2.76 bits per heavy atom. The van der Waals surface area contributed by atoms with Crippen LogP contribution in [0.3, 0.4) is 0 Å². The lowest BCUT2D eigenvalue weighted by Crippen LogP contribution is -2.32. The Hall–Kier alpha value is -2.61. The highest BCUT2D eigenvalue weighted by Crippen LogP contribution is 2.29. The van der Waals surface area contributed by atoms with Crippen LogP contribution < -0.4 is 10.6 Å². The molecule has 1 heterocycles. The van der Waals surface area contributed by atoms with Crippen molar-refractivity contribution in [3.63, 3.8) is 0 Å². The molecule has 0 saturated carbocycles. The van der Waals surface area contributed by atoms with E-state index in [1.807, 2.05) is 18.2 Å². The van der Waals surface area contributed by atoms with Crippen molar-refractivity contribution in [3.05, 3.63) is 58.1 Å². The third-order valence-electron chi connectivity index (χ3n) is 4.27. The van der Waals surface area contributed by atoms with Gasteiger partial charge in [0.25, 0.3) is 5.69 Å². The topological polar surface area (TPSA) is 101 Å². The van der Waals surface area contributed by atoms with Gasteiger partial charge in [-0.15, -0.1) is 0 Å². The van der Waals surface area contributed by atoms with Crippen LogP contribution in [0.15, 0.2) is 47.4 Å². The normalized spacial score (nSPS) is 16.6. The van der Waals surface area contributed by atoms with Crippen LogP contribution in [0.1, 0.15) is 12.0 Å². The summed E-state index contributed by atoms with van der Waals surface area (Å²) in [6, 6.07) is 12.2. The Labute approximate surface area is 146 Å². The molecule has 2 N–H and O–H groups in total. The summed E-state index contributed by atoms with van der Waals surface area (Å²) < 4.78 is 23.2. The molecule has 1 aliphatic rings. The van der Waals surface area contributed by atoms with Gasteiger partial charge in [-0.05, 0) is 36.6 Å². The van der Waals surface area contributed by atoms with Crippen molar-refractivity contribution in [2.24, 2.45) is 0 Å². The van der Waals surface area contributed by atoms with E-state index < -0.39 is 14.8 Å². The average molecular weight is 361 g/mol. The van der Waals surface area contributed by atoms with Crippen LogP contribution in [0.4, 0.5) is 17.1 Å². The van der Waals surface area contributed by atoms with Crippen LogP contribution in [0.2, 0.25) is 0 Å². The van der Waals surface area contributed by atoms with Crippen molar-refractivity contribution in [1.29, 1.82) is 0 Å². The van der Waals surface area contributed by atoms with Crippen LogP contribution in [0, 0.1) is 10.1 Å². The zero-order valence-corrected chi connectivity index (χ0v) is 14.5. The highest BCUT2D eigenvalue weighted by atomic mass is 32.2. The fourth-order valence-corrected chi connectivity index (χ4v) is 3.57. The van der Waals surface area contributed by atoms with E-state index in [9.17, 15) is 18.5 Å². The number of fused-ring (bicyclic) bond motifs is 1. The van der Waals surface area contributed by atoms with Gasteiger partial charge in [0.05, 0.1) is 9.82 Å². The minimum absolute atomic E-state index is 0.0607. The molecule has 0 bridgehead atoms. The van der Waals surface area contributed by atoms with Crippen molar-refractivity contribution in [1.82, 2.24) is 0 Å². The number of nitrogens with zero attached hydrogens (tertiary/aromatic N) is 1. The zero-order valence-electron chi connectivity index (χ0n) is 13.7. The number of nitro benzene ring substituents is 1. The molecule has 0 radical (unpaired) electrons. The largest absolute Gasteiger partial charge is 0.380 e. The lowest BCUT2D eigenvalue weighted by molar-refractivity contribution is -0.384. The fraction of sp³-hybridized carbons (Fsp3) is 0.294. The van der Waals surface area contributed by atoms with Crippen molar-refractivity contribution in [3.8, 4) is 0 Å². The van der Waals surface area contributed by atoms with Gasteiger partial charge in [-0.3, -0.25) is 10.1 Å². The van der Waals surface area contributed by atoms with Crippen LogP contribution in [-0.2, 0) is 16.3 Å². The molecular formula is C17H19N3O4S. The second-order valence-electron chi connectivity index (χ2n) is 6.13.